The maximum Gasteiger partial charge on any atom is 0.276 e. The van der Waals surface area contributed by atoms with E-state index in [0.29, 0.717) is 46.7 Å². The Morgan fingerprint density at radius 1 is 0.762 bits per heavy atom. The molecule has 0 saturated carbocycles. The molecule has 63 heavy (non-hydrogen) atoms. The minimum atomic E-state index is -0.735. The third-order valence-electron chi connectivity index (χ3n) is 8.77. The van der Waals surface area contributed by atoms with Gasteiger partial charge in [-0.05, 0) is 64.1 Å². The van der Waals surface area contributed by atoms with Crippen LogP contribution in [0.15, 0.2) is 82.3 Å². The molecule has 21 nitrogen and oxygen atoms in total. The first-order valence-electron chi connectivity index (χ1n) is 19.5. The van der Waals surface area contributed by atoms with Crippen LogP contribution < -0.4 is 48.8 Å². The second-order valence-electron chi connectivity index (χ2n) is 13.7. The van der Waals surface area contributed by atoms with Crippen LogP contribution in [0.2, 0.25) is 0 Å². The summed E-state index contributed by atoms with van der Waals surface area (Å²) in [5, 5.41) is 9.74. The number of aromatic nitrogens is 6. The van der Waals surface area contributed by atoms with E-state index in [-0.39, 0.29) is 77.7 Å². The highest BCUT2D eigenvalue weighted by atomic mass is 16.5. The van der Waals surface area contributed by atoms with Crippen LogP contribution in [0.1, 0.15) is 48.4 Å². The van der Waals surface area contributed by atoms with Crippen LogP contribution in [0.4, 0.5) is 17.6 Å². The number of nitrogens with zero attached hydrogens (tertiary/aromatic N) is 8. The second-order valence-corrected chi connectivity index (χ2v) is 13.7. The number of nitrogens with two attached hydrogens (primary N) is 5. The first-order chi connectivity index (χ1) is 30.1. The normalized spacial score (nSPS) is 12.4. The fourth-order valence-electron chi connectivity index (χ4n) is 6.15. The zero-order valence-corrected chi connectivity index (χ0v) is 35.4. The van der Waals surface area contributed by atoms with Gasteiger partial charge < -0.3 is 47.3 Å². The number of carbonyl (C=O) groups excluding carboxylic acids is 4. The van der Waals surface area contributed by atoms with Gasteiger partial charge in [0.2, 0.25) is 23.7 Å². The number of anilines is 3. The average Bonchev–Trinajstić information content (AvgIpc) is 3.91. The van der Waals surface area contributed by atoms with E-state index in [1.165, 1.54) is 49.7 Å². The van der Waals surface area contributed by atoms with Gasteiger partial charge in [0, 0.05) is 54.9 Å². The Balaban J connectivity index is 1.59. The molecule has 0 radical (unpaired) electrons. The number of aliphatic imine (C=N–C) groups is 2. The van der Waals surface area contributed by atoms with Crippen LogP contribution in [0, 0.1) is 11.8 Å². The molecule has 0 saturated heterocycles. The first kappa shape index (κ1) is 45.7. The van der Waals surface area contributed by atoms with Gasteiger partial charge in [-0.25, -0.2) is 9.97 Å². The predicted octanol–water partition coefficient (Wildman–Crippen LogP) is 2.23. The molecule has 3 aromatic heterocycles. The number of methoxy groups -OCH3 is 1. The Kier molecular flexibility index (Phi) is 15.0. The molecule has 4 amide bonds. The average molecular weight is 860 g/mol. The number of primary amides is 2. The van der Waals surface area contributed by atoms with Gasteiger partial charge in [0.25, 0.3) is 11.8 Å². The lowest BCUT2D eigenvalue weighted by Crippen LogP contribution is -2.24. The SMILES string of the molecule is CCN=C(/C=C(/C)N)C(=O)Nc1nc2cc(C(N)=O)cc(OC)c2n1C/C=C/Cn1c(NC(=O)C(/C=C(/C)N)=NCC)nc2cc(C(N)=O)cc(OCC#CCn3cc(N)cn3)c21. The van der Waals surface area contributed by atoms with Gasteiger partial charge in [0.15, 0.2) is 0 Å². The van der Waals surface area contributed by atoms with Crippen molar-refractivity contribution in [1.82, 2.24) is 28.9 Å². The number of hydrogen-bond donors (Lipinski definition) is 7. The van der Waals surface area contributed by atoms with E-state index < -0.39 is 23.6 Å². The van der Waals surface area contributed by atoms with Crippen LogP contribution in [0.5, 0.6) is 11.5 Å². The van der Waals surface area contributed by atoms with Crippen LogP contribution in [0.3, 0.4) is 0 Å². The molecule has 5 aromatic rings. The largest absolute Gasteiger partial charge is 0.494 e. The minimum Gasteiger partial charge on any atom is -0.494 e. The van der Waals surface area contributed by atoms with Gasteiger partial charge in [-0.2, -0.15) is 5.10 Å². The van der Waals surface area contributed by atoms with Crippen LogP contribution in [0.25, 0.3) is 22.1 Å². The van der Waals surface area contributed by atoms with E-state index in [0.717, 1.165) is 0 Å². The number of allylic oxidation sites excluding steroid dienone is 4. The molecular weight excluding hydrogens is 811 g/mol. The lowest BCUT2D eigenvalue weighted by molar-refractivity contribution is -0.111. The zero-order valence-electron chi connectivity index (χ0n) is 35.4. The van der Waals surface area contributed by atoms with Crippen molar-refractivity contribution in [2.45, 2.75) is 47.3 Å². The quantitative estimate of drug-likeness (QED) is 0.0379. The van der Waals surface area contributed by atoms with Crippen molar-refractivity contribution in [3.63, 3.8) is 0 Å². The van der Waals surface area contributed by atoms with Crippen molar-refractivity contribution in [3.8, 4) is 23.3 Å². The van der Waals surface area contributed by atoms with Crippen molar-refractivity contribution in [2.24, 2.45) is 32.9 Å². The molecule has 0 fully saturated rings. The molecule has 0 aliphatic rings. The van der Waals surface area contributed by atoms with E-state index in [4.69, 9.17) is 38.1 Å². The number of rotatable bonds is 18. The van der Waals surface area contributed by atoms with Crippen molar-refractivity contribution in [2.75, 3.05) is 43.2 Å². The highest BCUT2D eigenvalue weighted by molar-refractivity contribution is 6.47. The summed E-state index contributed by atoms with van der Waals surface area (Å²) in [4.78, 5) is 69.7. The summed E-state index contributed by atoms with van der Waals surface area (Å²) >= 11 is 0. The Labute approximate surface area is 361 Å². The number of carbonyl (C=O) groups is 4. The van der Waals surface area contributed by atoms with Gasteiger partial charge in [-0.15, -0.1) is 0 Å². The maximum absolute atomic E-state index is 13.6. The number of ether oxygens (including phenoxy) is 2. The molecule has 328 valence electrons. The standard InChI is InChI=1S/C42H49N15O6/c1-6-48-31(16-24(3)43)39(60)53-41-51-29-18-26(37(46)58)20-33(62-5)35(29)56(41)13-8-9-14-57-36-30(52-42(57)54-40(61)32(49-7-2)17-25(4)44)19-27(38(47)59)21-34(36)63-15-11-10-12-55-23-28(45)22-50-55/h8-9,16-23H,6-7,12-15,43-45H2,1-5H3,(H2,46,58)(H2,47,59)(H,51,53,60)(H,52,54,61)/b9-8+,24-16-,25-17-,48-31?,49-32?. The molecule has 0 bridgehead atoms. The van der Waals surface area contributed by atoms with E-state index >= 15 is 0 Å². The van der Waals surface area contributed by atoms with Gasteiger partial charge in [0.1, 0.15) is 47.1 Å². The van der Waals surface area contributed by atoms with Crippen molar-refractivity contribution >= 4 is 74.7 Å². The lowest BCUT2D eigenvalue weighted by atomic mass is 10.1. The smallest absolute Gasteiger partial charge is 0.276 e. The highest BCUT2D eigenvalue weighted by Gasteiger charge is 2.23. The van der Waals surface area contributed by atoms with E-state index in [1.54, 1.807) is 59.9 Å². The van der Waals surface area contributed by atoms with Gasteiger partial charge in [0.05, 0.1) is 30.0 Å². The summed E-state index contributed by atoms with van der Waals surface area (Å²) in [7, 11) is 1.43. The topological polar surface area (TPSA) is 319 Å². The van der Waals surface area contributed by atoms with Gasteiger partial charge >= 0.3 is 0 Å². The number of amides is 4. The number of nitrogens with one attached hydrogen (secondary N) is 2. The lowest BCUT2D eigenvalue weighted by Gasteiger charge is -2.12. The van der Waals surface area contributed by atoms with Crippen LogP contribution in [-0.4, -0.2) is 90.7 Å². The predicted molar refractivity (Wildman–Crippen MR) is 241 cm³/mol. The fourth-order valence-corrected chi connectivity index (χ4v) is 6.15. The van der Waals surface area contributed by atoms with Crippen molar-refractivity contribution in [1.29, 1.82) is 0 Å². The molecule has 0 aliphatic heterocycles. The first-order valence-corrected chi connectivity index (χ1v) is 19.5. The number of nitrogen functional groups attached to an aromatic ring is 1. The molecule has 0 spiro atoms. The van der Waals surface area contributed by atoms with Gasteiger partial charge in [-0.3, -0.25) is 44.5 Å². The Hall–Kier alpha value is -8.41. The molecule has 0 atom stereocenters. The molecule has 3 heterocycles. The monoisotopic (exact) mass is 859 g/mol. The second kappa shape index (κ2) is 20.7. The van der Waals surface area contributed by atoms with Crippen molar-refractivity contribution < 1.29 is 28.7 Å². The Morgan fingerprint density at radius 2 is 1.25 bits per heavy atom. The molecule has 0 unspecified atom stereocenters. The molecule has 0 aliphatic carbocycles. The van der Waals surface area contributed by atoms with Crippen molar-refractivity contribution in [3.05, 3.63) is 83.5 Å². The minimum absolute atomic E-state index is 0.0643. The molecule has 5 rings (SSSR count). The molecule has 2 aromatic carbocycles. The number of benzene rings is 2. The summed E-state index contributed by atoms with van der Waals surface area (Å²) in [6, 6.07) is 5.92. The molecular formula is C42H49N15O6. The maximum atomic E-state index is 13.6. The van der Waals surface area contributed by atoms with E-state index in [9.17, 15) is 19.2 Å². The Bertz CT molecular complexity index is 2780. The van der Waals surface area contributed by atoms with Crippen LogP contribution >= 0.6 is 0 Å². The van der Waals surface area contributed by atoms with E-state index in [2.05, 4.69) is 47.5 Å². The third-order valence-corrected chi connectivity index (χ3v) is 8.77. The highest BCUT2D eigenvalue weighted by Crippen LogP contribution is 2.33. The van der Waals surface area contributed by atoms with E-state index in [1.807, 2.05) is 0 Å². The summed E-state index contributed by atoms with van der Waals surface area (Å²) in [5.74, 6) is 3.92. The fraction of sp³-hybridized carbons (Fsp3) is 0.262. The summed E-state index contributed by atoms with van der Waals surface area (Å²) < 4.78 is 16.7. The number of hydrogen-bond acceptors (Lipinski definition) is 14. The Morgan fingerprint density at radius 3 is 1.68 bits per heavy atom. The molecule has 21 heteroatoms. The zero-order chi connectivity index (χ0) is 45.8. The summed E-state index contributed by atoms with van der Waals surface area (Å²) in [6.45, 7) is 7.75. The summed E-state index contributed by atoms with van der Waals surface area (Å²) in [5.41, 5.74) is 31.9. The number of fused-ring (bicyclic) bond motifs is 2. The van der Waals surface area contributed by atoms with Gasteiger partial charge in [-0.1, -0.05) is 24.0 Å². The van der Waals surface area contributed by atoms with Crippen LogP contribution in [-0.2, 0) is 29.2 Å². The molecule has 12 N–H and O–H groups in total. The third kappa shape index (κ3) is 11.5. The number of imidazole rings is 2. The summed E-state index contributed by atoms with van der Waals surface area (Å²) in [6.07, 6.45) is 9.59.